The van der Waals surface area contributed by atoms with Crippen LogP contribution in [0.1, 0.15) is 0 Å². The summed E-state index contributed by atoms with van der Waals surface area (Å²) >= 11 is 8.42. The van der Waals surface area contributed by atoms with Gasteiger partial charge in [0, 0.05) is 4.47 Å². The van der Waals surface area contributed by atoms with Crippen LogP contribution in [0.4, 0.5) is 4.39 Å². The van der Waals surface area contributed by atoms with Gasteiger partial charge in [0.1, 0.15) is 5.82 Å². The lowest BCUT2D eigenvalue weighted by Crippen LogP contribution is -2.22. The van der Waals surface area contributed by atoms with Crippen LogP contribution in [0.15, 0.2) is 56.9 Å². The number of aromatic nitrogens is 2. The van der Waals surface area contributed by atoms with Crippen molar-refractivity contribution in [3.05, 3.63) is 63.1 Å². The van der Waals surface area contributed by atoms with Gasteiger partial charge in [-0.1, -0.05) is 12.1 Å². The Hall–Kier alpha value is -1.79. The third-order valence-corrected chi connectivity index (χ3v) is 3.80. The summed E-state index contributed by atoms with van der Waals surface area (Å²) < 4.78 is 14.9. The van der Waals surface area contributed by atoms with E-state index < -0.39 is 5.82 Å². The quantitative estimate of drug-likeness (QED) is 0.499. The molecule has 0 aliphatic rings. The van der Waals surface area contributed by atoms with Gasteiger partial charge in [-0.05, 0) is 51.4 Å². The van der Waals surface area contributed by atoms with Crippen LogP contribution in [0, 0.1) is 5.82 Å². The predicted octanol–water partition coefficient (Wildman–Crippen LogP) is 3.19. The fourth-order valence-electron chi connectivity index (χ4n) is 1.99. The van der Waals surface area contributed by atoms with E-state index in [1.165, 1.54) is 22.8 Å². The van der Waals surface area contributed by atoms with Crippen molar-refractivity contribution in [3.8, 4) is 5.69 Å². The molecule has 0 spiro atoms. The normalized spacial score (nSPS) is 10.9. The van der Waals surface area contributed by atoms with E-state index in [1.807, 2.05) is 0 Å². The highest BCUT2D eigenvalue weighted by atomic mass is 79.9. The van der Waals surface area contributed by atoms with Gasteiger partial charge in [-0.2, -0.15) is 0 Å². The molecule has 20 heavy (non-hydrogen) atoms. The molecule has 3 rings (SSSR count). The van der Waals surface area contributed by atoms with Gasteiger partial charge in [-0.25, -0.2) is 4.39 Å². The van der Waals surface area contributed by atoms with Crippen LogP contribution < -0.4 is 5.56 Å². The Balaban J connectivity index is 2.39. The van der Waals surface area contributed by atoms with Crippen LogP contribution in [0.25, 0.3) is 16.6 Å². The van der Waals surface area contributed by atoms with Crippen molar-refractivity contribution in [2.24, 2.45) is 0 Å². The molecule has 0 aliphatic heterocycles. The molecule has 0 saturated heterocycles. The van der Waals surface area contributed by atoms with Gasteiger partial charge in [0.15, 0.2) is 0 Å². The summed E-state index contributed by atoms with van der Waals surface area (Å²) in [6, 6.07) is 11.0. The van der Waals surface area contributed by atoms with Gasteiger partial charge in [0.25, 0.3) is 5.56 Å². The average molecular weight is 350 g/mol. The smallest absolute Gasteiger partial charge is 0.264 e. The lowest BCUT2D eigenvalue weighted by atomic mass is 10.2. The second kappa shape index (κ2) is 4.96. The Kier molecular flexibility index (Phi) is 3.27. The van der Waals surface area contributed by atoms with Gasteiger partial charge >= 0.3 is 0 Å². The first-order valence-electron chi connectivity index (χ1n) is 5.72. The minimum atomic E-state index is -0.395. The first-order valence-corrected chi connectivity index (χ1v) is 6.92. The average Bonchev–Trinajstić information content (AvgIpc) is 2.41. The minimum absolute atomic E-state index is 0.140. The summed E-state index contributed by atoms with van der Waals surface area (Å²) in [6.45, 7) is 0. The lowest BCUT2D eigenvalue weighted by molar-refractivity contribution is 0.625. The van der Waals surface area contributed by atoms with Crippen LogP contribution in [-0.2, 0) is 12.6 Å². The fourth-order valence-corrected chi connectivity index (χ4v) is 2.80. The second-order valence-corrected chi connectivity index (χ2v) is 5.37. The van der Waals surface area contributed by atoms with Crippen molar-refractivity contribution in [1.82, 2.24) is 9.55 Å². The van der Waals surface area contributed by atoms with Crippen molar-refractivity contribution in [1.29, 1.82) is 0 Å². The molecule has 100 valence electrons. The summed E-state index contributed by atoms with van der Waals surface area (Å²) in [5.74, 6) is -0.395. The highest BCUT2D eigenvalue weighted by Gasteiger charge is 2.09. The number of rotatable bonds is 1. The Morgan fingerprint density at radius 2 is 1.95 bits per heavy atom. The van der Waals surface area contributed by atoms with E-state index in [9.17, 15) is 9.18 Å². The molecule has 0 fully saturated rings. The van der Waals surface area contributed by atoms with E-state index in [2.05, 4.69) is 20.9 Å². The van der Waals surface area contributed by atoms with Gasteiger partial charge in [-0.3, -0.25) is 14.3 Å². The maximum absolute atomic E-state index is 13.2. The van der Waals surface area contributed by atoms with E-state index in [0.717, 1.165) is 0 Å². The van der Waals surface area contributed by atoms with Crippen molar-refractivity contribution in [3.63, 3.8) is 0 Å². The van der Waals surface area contributed by atoms with Crippen molar-refractivity contribution < 1.29 is 4.39 Å². The molecule has 0 saturated carbocycles. The van der Waals surface area contributed by atoms with Crippen LogP contribution in [0.3, 0.4) is 0 Å². The molecule has 0 aliphatic carbocycles. The Bertz CT molecular complexity index is 879. The lowest BCUT2D eigenvalue weighted by Gasteiger charge is -2.18. The fraction of sp³-hybridized carbons (Fsp3) is 0. The van der Waals surface area contributed by atoms with E-state index in [4.69, 9.17) is 12.6 Å². The van der Waals surface area contributed by atoms with Crippen LogP contribution >= 0.6 is 15.9 Å². The zero-order valence-corrected chi connectivity index (χ0v) is 12.4. The van der Waals surface area contributed by atoms with Gasteiger partial charge in [0.2, 0.25) is 0 Å². The molecule has 2 aromatic carbocycles. The molecule has 1 heterocycles. The molecule has 6 heteroatoms. The monoisotopic (exact) mass is 349 g/mol. The zero-order chi connectivity index (χ0) is 14.3. The molecule has 0 N–H and O–H groups in total. The Morgan fingerprint density at radius 1 is 1.20 bits per heavy atom. The number of nitrogens with zero attached hydrogens (tertiary/aromatic N) is 2. The van der Waals surface area contributed by atoms with Crippen molar-refractivity contribution in [2.45, 2.75) is 5.16 Å². The highest BCUT2D eigenvalue weighted by molar-refractivity contribution is 9.10. The number of hydrogen-bond donors (Lipinski definition) is 0. The third-order valence-electron chi connectivity index (χ3n) is 2.90. The molecular formula is C14H7BrFN2OS-. The topological polar surface area (TPSA) is 34.9 Å². The molecule has 0 bridgehead atoms. The first-order chi connectivity index (χ1) is 9.58. The molecule has 1 aromatic heterocycles. The van der Waals surface area contributed by atoms with E-state index in [1.54, 1.807) is 24.3 Å². The van der Waals surface area contributed by atoms with E-state index in [-0.39, 0.29) is 10.7 Å². The van der Waals surface area contributed by atoms with Crippen LogP contribution in [-0.4, -0.2) is 9.55 Å². The molecule has 0 amide bonds. The Labute approximate surface area is 127 Å². The molecular weight excluding hydrogens is 343 g/mol. The highest BCUT2D eigenvalue weighted by Crippen LogP contribution is 2.22. The summed E-state index contributed by atoms with van der Waals surface area (Å²) in [5, 5.41) is 0.610. The summed E-state index contributed by atoms with van der Waals surface area (Å²) in [7, 11) is 0. The van der Waals surface area contributed by atoms with Gasteiger partial charge in [-0.15, -0.1) is 0 Å². The SMILES string of the molecule is O=c1c2ccccc2nc([S-])n1-c1ccc(F)cc1Br. The zero-order valence-electron chi connectivity index (χ0n) is 10.0. The predicted molar refractivity (Wildman–Crippen MR) is 80.6 cm³/mol. The van der Waals surface area contributed by atoms with Gasteiger partial charge in [0.05, 0.1) is 16.6 Å². The van der Waals surface area contributed by atoms with Gasteiger partial charge < -0.3 is 12.6 Å². The summed E-state index contributed by atoms with van der Waals surface area (Å²) in [5.41, 5.74) is 0.754. The maximum Gasteiger partial charge on any atom is 0.264 e. The largest absolute Gasteiger partial charge is 0.742 e. The van der Waals surface area contributed by atoms with Crippen molar-refractivity contribution in [2.75, 3.05) is 0 Å². The maximum atomic E-state index is 13.2. The Morgan fingerprint density at radius 3 is 2.70 bits per heavy atom. The number of hydrogen-bond acceptors (Lipinski definition) is 3. The third kappa shape index (κ3) is 2.10. The van der Waals surface area contributed by atoms with E-state index >= 15 is 0 Å². The number of halogens is 2. The summed E-state index contributed by atoms with van der Waals surface area (Å²) in [6.07, 6.45) is 0. The number of fused-ring (bicyclic) bond motifs is 1. The number of benzene rings is 2. The molecule has 3 nitrogen and oxygen atoms in total. The minimum Gasteiger partial charge on any atom is -0.742 e. The van der Waals surface area contributed by atoms with Crippen molar-refractivity contribution >= 4 is 39.5 Å². The standard InChI is InChI=1S/C14H8BrFN2OS/c15-10-7-8(16)5-6-12(10)18-13(19)9-3-1-2-4-11(9)17-14(18)20/h1-7H,(H,17,20)/p-1. The first kappa shape index (κ1) is 13.2. The molecule has 0 atom stereocenters. The molecule has 0 unspecified atom stereocenters. The van der Waals surface area contributed by atoms with Crippen LogP contribution in [0.2, 0.25) is 0 Å². The number of para-hydroxylation sites is 1. The van der Waals surface area contributed by atoms with Crippen LogP contribution in [0.5, 0.6) is 0 Å². The molecule has 0 radical (unpaired) electrons. The summed E-state index contributed by atoms with van der Waals surface area (Å²) in [4.78, 5) is 16.8. The molecule has 3 aromatic rings. The second-order valence-electron chi connectivity index (χ2n) is 4.15. The van der Waals surface area contributed by atoms with E-state index in [0.29, 0.717) is 21.1 Å².